The Hall–Kier alpha value is -1.56. The summed E-state index contributed by atoms with van der Waals surface area (Å²) in [6.07, 6.45) is 0. The molecule has 0 aliphatic carbocycles. The van der Waals surface area contributed by atoms with E-state index in [9.17, 15) is 14.7 Å². The van der Waals surface area contributed by atoms with Crippen molar-refractivity contribution < 1.29 is 19.8 Å². The molecule has 0 saturated heterocycles. The van der Waals surface area contributed by atoms with Crippen LogP contribution in [-0.4, -0.2) is 23.6 Å². The largest absolute Gasteiger partial charge is 0.545 e. The lowest BCUT2D eigenvalue weighted by Crippen LogP contribution is -2.24. The van der Waals surface area contributed by atoms with Crippen LogP contribution in [-0.2, 0) is 4.79 Å². The molecule has 0 amide bonds. The fraction of sp³-hybridized carbons (Fsp3) is 0.111. The molecule has 0 spiro atoms. The number of aliphatic carboxylic acids is 1. The van der Waals surface area contributed by atoms with E-state index < -0.39 is 11.9 Å². The molecule has 1 aromatic carbocycles. The number of carboxylic acid groups (broad SMARTS) is 2. The highest BCUT2D eigenvalue weighted by Gasteiger charge is 2.05. The number of hydrogen-bond donors (Lipinski definition) is 2. The molecule has 15 heavy (non-hydrogen) atoms. The van der Waals surface area contributed by atoms with Crippen molar-refractivity contribution in [1.82, 2.24) is 0 Å². The normalized spacial score (nSPS) is 9.67. The van der Waals surface area contributed by atoms with Crippen molar-refractivity contribution >= 4 is 33.6 Å². The summed E-state index contributed by atoms with van der Waals surface area (Å²) in [5.41, 5.74) is 0.145. The van der Waals surface area contributed by atoms with E-state index >= 15 is 0 Å². The third kappa shape index (κ3) is 3.25. The van der Waals surface area contributed by atoms with Crippen LogP contribution in [0.3, 0.4) is 0 Å². The van der Waals surface area contributed by atoms with Gasteiger partial charge in [0.1, 0.15) is 6.54 Å². The second kappa shape index (κ2) is 4.79. The molecule has 5 nitrogen and oxygen atoms in total. The van der Waals surface area contributed by atoms with Gasteiger partial charge < -0.3 is 20.3 Å². The van der Waals surface area contributed by atoms with Crippen LogP contribution in [0.2, 0.25) is 0 Å². The number of benzene rings is 1. The Morgan fingerprint density at radius 1 is 1.47 bits per heavy atom. The van der Waals surface area contributed by atoms with E-state index in [-0.39, 0.29) is 17.8 Å². The number of carboxylic acids is 2. The quantitative estimate of drug-likeness (QED) is 0.824. The summed E-state index contributed by atoms with van der Waals surface area (Å²) in [6.45, 7) is -0.345. The standard InChI is InChI=1S/C9H8BrNO4/c10-5-1-2-7(11-4-8(12)13)6(3-5)9(14)15/h1-3,11H,4H2,(H,12,13)(H,14,15)/p-1. The minimum absolute atomic E-state index is 0.0781. The molecule has 0 unspecified atom stereocenters. The first-order chi connectivity index (χ1) is 7.00. The molecule has 2 N–H and O–H groups in total. The highest BCUT2D eigenvalue weighted by atomic mass is 79.9. The molecule has 0 fully saturated rings. The summed E-state index contributed by atoms with van der Waals surface area (Å²) >= 11 is 3.11. The molecule has 0 atom stereocenters. The molecule has 6 heteroatoms. The average Bonchev–Trinajstić information content (AvgIpc) is 2.15. The maximum atomic E-state index is 10.7. The van der Waals surface area contributed by atoms with Crippen molar-refractivity contribution in [3.05, 3.63) is 28.2 Å². The van der Waals surface area contributed by atoms with Crippen LogP contribution in [0.25, 0.3) is 0 Å². The SMILES string of the molecule is O=C(O)CNc1ccc(Br)cc1C(=O)[O-]. The van der Waals surface area contributed by atoms with Gasteiger partial charge in [0.25, 0.3) is 0 Å². The Kier molecular flexibility index (Phi) is 3.68. The summed E-state index contributed by atoms with van der Waals surface area (Å²) in [6, 6.07) is 4.42. The Balaban J connectivity index is 2.95. The minimum atomic E-state index is -1.36. The number of rotatable bonds is 4. The van der Waals surface area contributed by atoms with E-state index in [1.54, 1.807) is 6.07 Å². The van der Waals surface area contributed by atoms with Gasteiger partial charge in [0.05, 0.1) is 5.97 Å². The molecule has 0 radical (unpaired) electrons. The van der Waals surface area contributed by atoms with E-state index in [0.29, 0.717) is 4.47 Å². The highest BCUT2D eigenvalue weighted by molar-refractivity contribution is 9.10. The predicted molar refractivity (Wildman–Crippen MR) is 54.6 cm³/mol. The Bertz CT molecular complexity index is 405. The lowest BCUT2D eigenvalue weighted by molar-refractivity contribution is -0.254. The molecule has 0 heterocycles. The summed E-state index contributed by atoms with van der Waals surface area (Å²) in [5, 5.41) is 21.6. The zero-order chi connectivity index (χ0) is 11.4. The van der Waals surface area contributed by atoms with Crippen LogP contribution in [0.1, 0.15) is 10.4 Å². The van der Waals surface area contributed by atoms with Crippen LogP contribution in [0.15, 0.2) is 22.7 Å². The first-order valence-electron chi connectivity index (χ1n) is 3.97. The first kappa shape index (κ1) is 11.5. The minimum Gasteiger partial charge on any atom is -0.545 e. The average molecular weight is 273 g/mol. The van der Waals surface area contributed by atoms with Gasteiger partial charge in [-0.15, -0.1) is 0 Å². The molecular formula is C9H7BrNO4-. The molecule has 1 rings (SSSR count). The van der Waals surface area contributed by atoms with Gasteiger partial charge in [-0.2, -0.15) is 0 Å². The van der Waals surface area contributed by atoms with Crippen molar-refractivity contribution in [2.45, 2.75) is 0 Å². The summed E-state index contributed by atoms with van der Waals surface area (Å²) in [7, 11) is 0. The molecule has 0 aliphatic heterocycles. The maximum absolute atomic E-state index is 10.7. The zero-order valence-corrected chi connectivity index (χ0v) is 9.08. The number of anilines is 1. The van der Waals surface area contributed by atoms with Gasteiger partial charge in [-0.3, -0.25) is 4.79 Å². The molecule has 0 bridgehead atoms. The van der Waals surface area contributed by atoms with Gasteiger partial charge in [-0.1, -0.05) is 15.9 Å². The lowest BCUT2D eigenvalue weighted by Gasteiger charge is -2.11. The van der Waals surface area contributed by atoms with Crippen LogP contribution < -0.4 is 10.4 Å². The van der Waals surface area contributed by atoms with E-state index in [1.807, 2.05) is 0 Å². The van der Waals surface area contributed by atoms with Crippen LogP contribution in [0.5, 0.6) is 0 Å². The van der Waals surface area contributed by atoms with Gasteiger partial charge in [-0.05, 0) is 18.2 Å². The second-order valence-electron chi connectivity index (χ2n) is 2.72. The van der Waals surface area contributed by atoms with E-state index in [1.165, 1.54) is 12.1 Å². The Labute approximate surface area is 93.9 Å². The smallest absolute Gasteiger partial charge is 0.322 e. The molecule has 0 aliphatic rings. The summed E-state index contributed by atoms with van der Waals surface area (Å²) in [4.78, 5) is 21.0. The van der Waals surface area contributed by atoms with Crippen molar-refractivity contribution in [1.29, 1.82) is 0 Å². The molecule has 1 aromatic rings. The number of hydrogen-bond acceptors (Lipinski definition) is 4. The number of halogens is 1. The van der Waals surface area contributed by atoms with Gasteiger partial charge in [0.2, 0.25) is 0 Å². The second-order valence-corrected chi connectivity index (χ2v) is 3.64. The summed E-state index contributed by atoms with van der Waals surface area (Å²) < 4.78 is 0.586. The fourth-order valence-corrected chi connectivity index (χ4v) is 1.37. The van der Waals surface area contributed by atoms with E-state index in [4.69, 9.17) is 5.11 Å². The van der Waals surface area contributed by atoms with Crippen molar-refractivity contribution in [3.8, 4) is 0 Å². The fourth-order valence-electron chi connectivity index (χ4n) is 1.01. The zero-order valence-electron chi connectivity index (χ0n) is 7.49. The number of carbonyl (C=O) groups excluding carboxylic acids is 1. The third-order valence-electron chi connectivity index (χ3n) is 1.63. The highest BCUT2D eigenvalue weighted by Crippen LogP contribution is 2.20. The molecular weight excluding hydrogens is 266 g/mol. The summed E-state index contributed by atoms with van der Waals surface area (Å²) in [5.74, 6) is -2.42. The maximum Gasteiger partial charge on any atom is 0.322 e. The van der Waals surface area contributed by atoms with Crippen LogP contribution in [0.4, 0.5) is 5.69 Å². The van der Waals surface area contributed by atoms with Gasteiger partial charge in [-0.25, -0.2) is 0 Å². The topological polar surface area (TPSA) is 89.5 Å². The van der Waals surface area contributed by atoms with E-state index in [0.717, 1.165) is 0 Å². The Morgan fingerprint density at radius 3 is 2.67 bits per heavy atom. The van der Waals surface area contributed by atoms with Crippen LogP contribution in [0, 0.1) is 0 Å². The van der Waals surface area contributed by atoms with Gasteiger partial charge >= 0.3 is 5.97 Å². The molecule has 0 aromatic heterocycles. The number of nitrogens with one attached hydrogen (secondary N) is 1. The number of aromatic carboxylic acids is 1. The van der Waals surface area contributed by atoms with Crippen LogP contribution >= 0.6 is 15.9 Å². The molecule has 80 valence electrons. The van der Waals surface area contributed by atoms with Gasteiger partial charge in [0, 0.05) is 15.7 Å². The van der Waals surface area contributed by atoms with Crippen molar-refractivity contribution in [2.75, 3.05) is 11.9 Å². The lowest BCUT2D eigenvalue weighted by atomic mass is 10.2. The van der Waals surface area contributed by atoms with Crippen molar-refractivity contribution in [2.24, 2.45) is 0 Å². The molecule has 0 saturated carbocycles. The number of carbonyl (C=O) groups is 2. The predicted octanol–water partition coefficient (Wildman–Crippen LogP) is 0.309. The van der Waals surface area contributed by atoms with Gasteiger partial charge in [0.15, 0.2) is 0 Å². The Morgan fingerprint density at radius 2 is 2.13 bits per heavy atom. The van der Waals surface area contributed by atoms with Crippen molar-refractivity contribution in [3.63, 3.8) is 0 Å². The first-order valence-corrected chi connectivity index (χ1v) is 4.76. The monoisotopic (exact) mass is 272 g/mol. The van der Waals surface area contributed by atoms with E-state index in [2.05, 4.69) is 21.2 Å². The third-order valence-corrected chi connectivity index (χ3v) is 2.12.